The van der Waals surface area contributed by atoms with Crippen molar-refractivity contribution in [3.63, 3.8) is 0 Å². The number of nitrogens with zero attached hydrogens (tertiary/aromatic N) is 2. The van der Waals surface area contributed by atoms with E-state index in [2.05, 4.69) is 66.1 Å². The molecule has 2 aromatic rings. The van der Waals surface area contributed by atoms with Crippen LogP contribution in [-0.4, -0.2) is 42.2 Å². The van der Waals surface area contributed by atoms with Gasteiger partial charge in [-0.3, -0.25) is 4.79 Å². The van der Waals surface area contributed by atoms with E-state index in [1.54, 1.807) is 0 Å². The van der Waals surface area contributed by atoms with Crippen LogP contribution >= 0.6 is 11.8 Å². The zero-order valence-corrected chi connectivity index (χ0v) is 17.9. The van der Waals surface area contributed by atoms with Crippen LogP contribution in [0.2, 0.25) is 0 Å². The lowest BCUT2D eigenvalue weighted by Gasteiger charge is -2.16. The molecule has 0 aliphatic carbocycles. The van der Waals surface area contributed by atoms with Gasteiger partial charge in [-0.05, 0) is 36.6 Å². The molecule has 0 bridgehead atoms. The third-order valence-corrected chi connectivity index (χ3v) is 5.72. The normalized spacial score (nSPS) is 14.3. The molecule has 154 valence electrons. The molecule has 0 saturated carbocycles. The van der Waals surface area contributed by atoms with Gasteiger partial charge < -0.3 is 15.5 Å². The van der Waals surface area contributed by atoms with Gasteiger partial charge in [0.1, 0.15) is 0 Å². The molecule has 6 heteroatoms. The average Bonchev–Trinajstić information content (AvgIpc) is 3.15. The second-order valence-corrected chi connectivity index (χ2v) is 8.19. The second kappa shape index (κ2) is 11.5. The molecule has 0 aromatic heterocycles. The number of hydrogen-bond donors (Lipinski definition) is 2. The summed E-state index contributed by atoms with van der Waals surface area (Å²) in [6, 6.07) is 18.8. The lowest BCUT2D eigenvalue weighted by Crippen LogP contribution is -2.38. The Bertz CT molecular complexity index is 810. The molecule has 1 fully saturated rings. The van der Waals surface area contributed by atoms with Crippen LogP contribution in [0, 0.1) is 0 Å². The molecule has 0 radical (unpaired) electrons. The highest BCUT2D eigenvalue weighted by molar-refractivity contribution is 7.99. The van der Waals surface area contributed by atoms with Crippen LogP contribution in [0.1, 0.15) is 30.9 Å². The lowest BCUT2D eigenvalue weighted by atomic mass is 10.1. The van der Waals surface area contributed by atoms with Crippen LogP contribution in [0.5, 0.6) is 0 Å². The van der Waals surface area contributed by atoms with E-state index in [1.165, 1.54) is 10.5 Å². The Kier molecular flexibility index (Phi) is 8.43. The summed E-state index contributed by atoms with van der Waals surface area (Å²) in [5, 5.41) is 6.71. The van der Waals surface area contributed by atoms with Crippen molar-refractivity contribution in [2.75, 3.05) is 25.4 Å². The van der Waals surface area contributed by atoms with Crippen LogP contribution in [0.4, 0.5) is 0 Å². The van der Waals surface area contributed by atoms with Gasteiger partial charge in [-0.1, -0.05) is 42.5 Å². The van der Waals surface area contributed by atoms with Crippen molar-refractivity contribution in [2.24, 2.45) is 4.99 Å². The van der Waals surface area contributed by atoms with Crippen LogP contribution in [0.25, 0.3) is 0 Å². The number of nitrogens with one attached hydrogen (secondary N) is 2. The second-order valence-electron chi connectivity index (χ2n) is 7.02. The molecule has 29 heavy (non-hydrogen) atoms. The van der Waals surface area contributed by atoms with Crippen LogP contribution in [0.15, 0.2) is 64.5 Å². The summed E-state index contributed by atoms with van der Waals surface area (Å²) in [7, 11) is 0. The van der Waals surface area contributed by atoms with Crippen molar-refractivity contribution < 1.29 is 4.79 Å². The number of likely N-dealkylation sites (tertiary alicyclic amines) is 1. The zero-order chi connectivity index (χ0) is 20.3. The minimum atomic E-state index is 0.264. The summed E-state index contributed by atoms with van der Waals surface area (Å²) in [5.74, 6) is 2.08. The van der Waals surface area contributed by atoms with Gasteiger partial charge in [-0.25, -0.2) is 4.99 Å². The molecular formula is C23H30N4OS. The highest BCUT2D eigenvalue weighted by atomic mass is 32.2. The maximum absolute atomic E-state index is 11.9. The number of rotatable bonds is 9. The predicted octanol–water partition coefficient (Wildman–Crippen LogP) is 3.66. The first-order chi connectivity index (χ1) is 14.2. The molecular weight excluding hydrogens is 380 g/mol. The predicted molar refractivity (Wildman–Crippen MR) is 121 cm³/mol. The zero-order valence-electron chi connectivity index (χ0n) is 17.1. The van der Waals surface area contributed by atoms with E-state index in [0.717, 1.165) is 43.3 Å². The topological polar surface area (TPSA) is 56.7 Å². The van der Waals surface area contributed by atoms with Gasteiger partial charge in [0.05, 0.1) is 6.54 Å². The van der Waals surface area contributed by atoms with Gasteiger partial charge >= 0.3 is 0 Å². The highest BCUT2D eigenvalue weighted by Gasteiger charge is 2.19. The van der Waals surface area contributed by atoms with E-state index in [9.17, 15) is 4.79 Å². The molecule has 0 unspecified atom stereocenters. The molecule has 1 heterocycles. The fraction of sp³-hybridized carbons (Fsp3) is 0.391. The van der Waals surface area contributed by atoms with Crippen molar-refractivity contribution in [3.05, 3.63) is 65.7 Å². The Morgan fingerprint density at radius 2 is 1.93 bits per heavy atom. The number of carbonyl (C=O) groups is 1. The van der Waals surface area contributed by atoms with Crippen molar-refractivity contribution in [2.45, 2.75) is 37.8 Å². The van der Waals surface area contributed by atoms with Gasteiger partial charge in [0.2, 0.25) is 5.91 Å². The first-order valence-corrected chi connectivity index (χ1v) is 11.3. The van der Waals surface area contributed by atoms with Gasteiger partial charge in [0.15, 0.2) is 5.96 Å². The van der Waals surface area contributed by atoms with E-state index >= 15 is 0 Å². The third-order valence-electron chi connectivity index (χ3n) is 4.71. The summed E-state index contributed by atoms with van der Waals surface area (Å²) < 4.78 is 0. The summed E-state index contributed by atoms with van der Waals surface area (Å²) in [6.45, 7) is 5.94. The Labute approximate surface area is 178 Å². The van der Waals surface area contributed by atoms with Gasteiger partial charge in [0.25, 0.3) is 0 Å². The van der Waals surface area contributed by atoms with Crippen molar-refractivity contribution in [3.8, 4) is 0 Å². The Balaban J connectivity index is 1.49. The van der Waals surface area contributed by atoms with Crippen LogP contribution in [-0.2, 0) is 17.9 Å². The van der Waals surface area contributed by atoms with E-state index in [4.69, 9.17) is 4.99 Å². The smallest absolute Gasteiger partial charge is 0.222 e. The summed E-state index contributed by atoms with van der Waals surface area (Å²) in [5.41, 5.74) is 2.33. The molecule has 1 amide bonds. The molecule has 2 N–H and O–H groups in total. The standard InChI is InChI=1S/C23H30N4OS/c1-2-24-23(25-13-15-29-21-10-4-3-5-11-21)26-17-19-8-6-9-20(16-19)18-27-14-7-12-22(27)28/h3-6,8-11,16H,2,7,12-15,17-18H2,1H3,(H2,24,25,26). The number of hydrogen-bond acceptors (Lipinski definition) is 3. The third kappa shape index (κ3) is 7.13. The SMILES string of the molecule is CCNC(=NCc1cccc(CN2CCCC2=O)c1)NCCSc1ccccc1. The maximum atomic E-state index is 11.9. The van der Waals surface area contributed by atoms with Crippen molar-refractivity contribution >= 4 is 23.6 Å². The Hall–Kier alpha value is -2.47. The van der Waals surface area contributed by atoms with Gasteiger partial charge in [-0.15, -0.1) is 11.8 Å². The number of guanidine groups is 1. The molecule has 0 spiro atoms. The van der Waals surface area contributed by atoms with Gasteiger partial charge in [0, 0.05) is 43.2 Å². The number of aliphatic imine (C=N–C) groups is 1. The summed E-state index contributed by atoms with van der Waals surface area (Å²) >= 11 is 1.83. The van der Waals surface area contributed by atoms with E-state index in [-0.39, 0.29) is 5.91 Å². The number of carbonyl (C=O) groups excluding carboxylic acids is 1. The van der Waals surface area contributed by atoms with Gasteiger partial charge in [-0.2, -0.15) is 0 Å². The maximum Gasteiger partial charge on any atom is 0.222 e. The first kappa shape index (κ1) is 21.2. The monoisotopic (exact) mass is 410 g/mol. The molecule has 2 aromatic carbocycles. The number of benzene rings is 2. The minimum Gasteiger partial charge on any atom is -0.357 e. The molecule has 1 aliphatic heterocycles. The highest BCUT2D eigenvalue weighted by Crippen LogP contribution is 2.16. The Morgan fingerprint density at radius 3 is 2.69 bits per heavy atom. The average molecular weight is 411 g/mol. The van der Waals surface area contributed by atoms with E-state index < -0.39 is 0 Å². The van der Waals surface area contributed by atoms with Crippen LogP contribution < -0.4 is 10.6 Å². The fourth-order valence-corrected chi connectivity index (χ4v) is 4.07. The van der Waals surface area contributed by atoms with Crippen molar-refractivity contribution in [1.82, 2.24) is 15.5 Å². The molecule has 3 rings (SSSR count). The molecule has 5 nitrogen and oxygen atoms in total. The largest absolute Gasteiger partial charge is 0.357 e. The number of thioether (sulfide) groups is 1. The fourth-order valence-electron chi connectivity index (χ4n) is 3.29. The van der Waals surface area contributed by atoms with Crippen LogP contribution in [0.3, 0.4) is 0 Å². The van der Waals surface area contributed by atoms with E-state index in [1.807, 2.05) is 22.7 Å². The summed E-state index contributed by atoms with van der Waals surface area (Å²) in [6.07, 6.45) is 1.66. The Morgan fingerprint density at radius 1 is 1.10 bits per heavy atom. The summed E-state index contributed by atoms with van der Waals surface area (Å²) in [4.78, 5) is 19.8. The molecule has 1 aliphatic rings. The molecule has 0 atom stereocenters. The lowest BCUT2D eigenvalue weighted by molar-refractivity contribution is -0.128. The molecule has 1 saturated heterocycles. The van der Waals surface area contributed by atoms with E-state index in [0.29, 0.717) is 19.5 Å². The quantitative estimate of drug-likeness (QED) is 0.287. The minimum absolute atomic E-state index is 0.264. The first-order valence-electron chi connectivity index (χ1n) is 10.3. The number of amides is 1. The van der Waals surface area contributed by atoms with Crippen molar-refractivity contribution in [1.29, 1.82) is 0 Å².